The van der Waals surface area contributed by atoms with E-state index in [0.717, 1.165) is 11.4 Å². The Hall–Kier alpha value is -0.370. The molecule has 0 amide bonds. The molecule has 1 atom stereocenters. The van der Waals surface area contributed by atoms with Crippen molar-refractivity contribution in [3.05, 3.63) is 12.2 Å². The van der Waals surface area contributed by atoms with Crippen molar-refractivity contribution >= 4 is 17.2 Å². The maximum atomic E-state index is 5.34. The second kappa shape index (κ2) is 4.04. The van der Waals surface area contributed by atoms with Crippen LogP contribution in [-0.4, -0.2) is 24.0 Å². The third-order valence-corrected chi connectivity index (χ3v) is 3.11. The Labute approximate surface area is 80.4 Å². The lowest BCUT2D eigenvalue weighted by Gasteiger charge is -2.27. The Bertz CT molecular complexity index is 196. The molecule has 1 nitrogen and oxygen atoms in total. The van der Waals surface area contributed by atoms with E-state index in [4.69, 9.17) is 12.2 Å². The summed E-state index contributed by atoms with van der Waals surface area (Å²) in [5.41, 5.74) is 1.37. The average molecular weight is 183 g/mol. The van der Waals surface area contributed by atoms with E-state index in [2.05, 4.69) is 11.5 Å². The molecule has 0 N–H and O–H groups in total. The van der Waals surface area contributed by atoms with Crippen LogP contribution in [0.2, 0.25) is 0 Å². The highest BCUT2D eigenvalue weighted by Crippen LogP contribution is 2.28. The molecule has 0 aromatic heterocycles. The van der Waals surface area contributed by atoms with E-state index >= 15 is 0 Å². The quantitative estimate of drug-likeness (QED) is 0.454. The summed E-state index contributed by atoms with van der Waals surface area (Å²) in [6.45, 7) is 4.03. The van der Waals surface area contributed by atoms with E-state index in [0.29, 0.717) is 5.92 Å². The molecule has 0 aromatic carbocycles. The Morgan fingerprint density at radius 1 is 1.58 bits per heavy atom. The third kappa shape index (κ3) is 2.31. The summed E-state index contributed by atoms with van der Waals surface area (Å²) in [5.74, 6) is 0.580. The largest absolute Gasteiger partial charge is 0.372 e. The molecular formula is C10H17NS. The van der Waals surface area contributed by atoms with Crippen LogP contribution in [0, 0.1) is 5.92 Å². The highest BCUT2D eigenvalue weighted by Gasteiger charge is 2.20. The van der Waals surface area contributed by atoms with E-state index in [1.54, 1.807) is 0 Å². The highest BCUT2D eigenvalue weighted by molar-refractivity contribution is 7.80. The number of hydrogen-bond acceptors (Lipinski definition) is 1. The zero-order valence-corrected chi connectivity index (χ0v) is 8.78. The fourth-order valence-corrected chi connectivity index (χ4v) is 1.93. The molecule has 1 unspecified atom stereocenters. The molecule has 0 radical (unpaired) electrons. The van der Waals surface area contributed by atoms with Gasteiger partial charge in [-0.25, -0.2) is 0 Å². The van der Waals surface area contributed by atoms with Gasteiger partial charge in [0.1, 0.15) is 0 Å². The fraction of sp³-hybridized carbons (Fsp3) is 0.700. The minimum Gasteiger partial charge on any atom is -0.372 e. The molecular weight excluding hydrogens is 166 g/mol. The lowest BCUT2D eigenvalue weighted by molar-refractivity contribution is 0.477. The van der Waals surface area contributed by atoms with Crippen molar-refractivity contribution in [2.75, 3.05) is 14.1 Å². The van der Waals surface area contributed by atoms with Gasteiger partial charge in [-0.3, -0.25) is 0 Å². The second-order valence-electron chi connectivity index (χ2n) is 3.78. The van der Waals surface area contributed by atoms with Crippen molar-refractivity contribution in [1.82, 2.24) is 4.90 Å². The molecule has 0 aliphatic heterocycles. The van der Waals surface area contributed by atoms with E-state index in [-0.39, 0.29) is 0 Å². The summed E-state index contributed by atoms with van der Waals surface area (Å²) in [7, 11) is 4.05. The molecule has 68 valence electrons. The van der Waals surface area contributed by atoms with E-state index in [9.17, 15) is 0 Å². The standard InChI is InChI=1S/C10H17NS/c1-8-5-4-6-9(7-8)10(12)11(2)3/h9H,1,4-7H2,2-3H3. The van der Waals surface area contributed by atoms with Gasteiger partial charge in [-0.2, -0.15) is 0 Å². The Balaban J connectivity index is 2.51. The third-order valence-electron chi connectivity index (χ3n) is 2.41. The molecule has 1 rings (SSSR count). The van der Waals surface area contributed by atoms with Crippen LogP contribution in [0.25, 0.3) is 0 Å². The van der Waals surface area contributed by atoms with Crippen LogP contribution in [0.15, 0.2) is 12.2 Å². The first-order valence-corrected chi connectivity index (χ1v) is 4.90. The van der Waals surface area contributed by atoms with Gasteiger partial charge in [0.15, 0.2) is 0 Å². The average Bonchev–Trinajstić information content (AvgIpc) is 2.03. The normalized spacial score (nSPS) is 23.8. The molecule has 2 heteroatoms. The first kappa shape index (κ1) is 9.72. The molecule has 1 saturated carbocycles. The van der Waals surface area contributed by atoms with Crippen LogP contribution in [0.5, 0.6) is 0 Å². The zero-order valence-electron chi connectivity index (χ0n) is 7.97. The number of allylic oxidation sites excluding steroid dienone is 1. The lowest BCUT2D eigenvalue weighted by atomic mass is 9.86. The van der Waals surface area contributed by atoms with Crippen LogP contribution < -0.4 is 0 Å². The molecule has 0 saturated heterocycles. The van der Waals surface area contributed by atoms with E-state index in [1.807, 2.05) is 14.1 Å². The van der Waals surface area contributed by atoms with Gasteiger partial charge in [-0.15, -0.1) is 0 Å². The van der Waals surface area contributed by atoms with Crippen molar-refractivity contribution in [2.45, 2.75) is 25.7 Å². The van der Waals surface area contributed by atoms with Crippen LogP contribution in [0.1, 0.15) is 25.7 Å². The molecule has 1 fully saturated rings. The van der Waals surface area contributed by atoms with Crippen LogP contribution >= 0.6 is 12.2 Å². The Morgan fingerprint density at radius 2 is 2.25 bits per heavy atom. The molecule has 0 aromatic rings. The van der Waals surface area contributed by atoms with Gasteiger partial charge < -0.3 is 4.90 Å². The van der Waals surface area contributed by atoms with E-state index < -0.39 is 0 Å². The summed E-state index contributed by atoms with van der Waals surface area (Å²) in [6.07, 6.45) is 4.82. The second-order valence-corrected chi connectivity index (χ2v) is 4.19. The molecule has 1 aliphatic carbocycles. The molecule has 0 spiro atoms. The summed E-state index contributed by atoms with van der Waals surface area (Å²) in [4.78, 5) is 3.15. The predicted octanol–water partition coefficient (Wildman–Crippen LogP) is 2.62. The van der Waals surface area contributed by atoms with Gasteiger partial charge in [0, 0.05) is 20.0 Å². The van der Waals surface area contributed by atoms with Crippen molar-refractivity contribution < 1.29 is 0 Å². The Kier molecular flexibility index (Phi) is 3.27. The first-order chi connectivity index (χ1) is 5.61. The van der Waals surface area contributed by atoms with Gasteiger partial charge in [0.05, 0.1) is 4.99 Å². The molecule has 1 aliphatic rings. The van der Waals surface area contributed by atoms with Crippen LogP contribution in [-0.2, 0) is 0 Å². The smallest absolute Gasteiger partial charge is 0.0808 e. The van der Waals surface area contributed by atoms with Crippen molar-refractivity contribution in [1.29, 1.82) is 0 Å². The van der Waals surface area contributed by atoms with Crippen LogP contribution in [0.4, 0.5) is 0 Å². The van der Waals surface area contributed by atoms with Crippen molar-refractivity contribution in [3.8, 4) is 0 Å². The maximum absolute atomic E-state index is 5.34. The monoisotopic (exact) mass is 183 g/mol. The van der Waals surface area contributed by atoms with Gasteiger partial charge >= 0.3 is 0 Å². The van der Waals surface area contributed by atoms with Gasteiger partial charge in [-0.1, -0.05) is 24.4 Å². The lowest BCUT2D eigenvalue weighted by Crippen LogP contribution is -2.29. The number of rotatable bonds is 1. The van der Waals surface area contributed by atoms with Crippen molar-refractivity contribution in [3.63, 3.8) is 0 Å². The van der Waals surface area contributed by atoms with Crippen molar-refractivity contribution in [2.24, 2.45) is 5.92 Å². The fourth-order valence-electron chi connectivity index (χ4n) is 1.73. The maximum Gasteiger partial charge on any atom is 0.0808 e. The topological polar surface area (TPSA) is 3.24 Å². The summed E-state index contributed by atoms with van der Waals surface area (Å²) >= 11 is 5.34. The first-order valence-electron chi connectivity index (χ1n) is 4.49. The summed E-state index contributed by atoms with van der Waals surface area (Å²) in [5, 5.41) is 0. The van der Waals surface area contributed by atoms with Gasteiger partial charge in [0.25, 0.3) is 0 Å². The summed E-state index contributed by atoms with van der Waals surface area (Å²) < 4.78 is 0. The van der Waals surface area contributed by atoms with E-state index in [1.165, 1.54) is 24.8 Å². The van der Waals surface area contributed by atoms with Crippen LogP contribution in [0.3, 0.4) is 0 Å². The SMILES string of the molecule is C=C1CCCC(C(=S)N(C)C)C1. The van der Waals surface area contributed by atoms with Gasteiger partial charge in [-0.05, 0) is 25.7 Å². The molecule has 0 heterocycles. The highest BCUT2D eigenvalue weighted by atomic mass is 32.1. The number of hydrogen-bond donors (Lipinski definition) is 0. The minimum absolute atomic E-state index is 0.580. The summed E-state index contributed by atoms with van der Waals surface area (Å²) in [6, 6.07) is 0. The Morgan fingerprint density at radius 3 is 2.75 bits per heavy atom. The minimum atomic E-state index is 0.580. The van der Waals surface area contributed by atoms with Gasteiger partial charge in [0.2, 0.25) is 0 Å². The number of thiocarbonyl (C=S) groups is 1. The molecule has 12 heavy (non-hydrogen) atoms. The molecule has 0 bridgehead atoms. The predicted molar refractivity (Wildman–Crippen MR) is 57.4 cm³/mol. The zero-order chi connectivity index (χ0) is 9.14. The number of nitrogens with zero attached hydrogens (tertiary/aromatic N) is 1.